The summed E-state index contributed by atoms with van der Waals surface area (Å²) in [5.74, 6) is 1.35. The van der Waals surface area contributed by atoms with Crippen LogP contribution in [0.3, 0.4) is 0 Å². The molecule has 0 fully saturated rings. The zero-order chi connectivity index (χ0) is 22.6. The van der Waals surface area contributed by atoms with Crippen LogP contribution < -0.4 is 0 Å². The predicted octanol–water partition coefficient (Wildman–Crippen LogP) is 7.95. The van der Waals surface area contributed by atoms with Crippen LogP contribution in [0.2, 0.25) is 0 Å². The molecule has 0 atom stereocenters. The second-order valence-corrected chi connectivity index (χ2v) is 7.58. The van der Waals surface area contributed by atoms with E-state index in [1.807, 2.05) is 13.0 Å². The Kier molecular flexibility index (Phi) is 5.03. The van der Waals surface area contributed by atoms with E-state index in [0.29, 0.717) is 41.1 Å². The van der Waals surface area contributed by atoms with Gasteiger partial charge in [0.15, 0.2) is 0 Å². The van der Waals surface area contributed by atoms with E-state index in [9.17, 15) is 26.3 Å². The standard InChI is InChI=1S/C24H18F6O/c1-3-14-5-6-15-8-16(21-7-4-13(2)31-21)11-20(15)22(14)17-9-18(23(25,26)27)12-19(10-17)24(28,29)30/h4-7,9-12H,3,8H2,1-2H3. The maximum absolute atomic E-state index is 13.4. The molecule has 0 unspecified atom stereocenters. The van der Waals surface area contributed by atoms with Gasteiger partial charge in [0, 0.05) is 6.42 Å². The molecule has 0 saturated heterocycles. The molecular formula is C24H18F6O. The lowest BCUT2D eigenvalue weighted by Gasteiger charge is -2.18. The first kappa shape index (κ1) is 21.3. The molecule has 2 aromatic carbocycles. The van der Waals surface area contributed by atoms with Crippen LogP contribution in [-0.2, 0) is 25.2 Å². The minimum absolute atomic E-state index is 0.0935. The molecule has 1 aliphatic carbocycles. The third-order valence-electron chi connectivity index (χ3n) is 5.44. The number of rotatable bonds is 3. The van der Waals surface area contributed by atoms with Crippen LogP contribution in [0.4, 0.5) is 26.3 Å². The maximum Gasteiger partial charge on any atom is 0.416 e. The summed E-state index contributed by atoms with van der Waals surface area (Å²) in [5.41, 5.74) is 0.651. The van der Waals surface area contributed by atoms with Crippen LogP contribution >= 0.6 is 0 Å². The molecule has 0 saturated carbocycles. The van der Waals surface area contributed by atoms with E-state index in [1.165, 1.54) is 0 Å². The van der Waals surface area contributed by atoms with Gasteiger partial charge in [0.25, 0.3) is 0 Å². The van der Waals surface area contributed by atoms with Gasteiger partial charge in [0.05, 0.1) is 11.1 Å². The van der Waals surface area contributed by atoms with Gasteiger partial charge in [0.2, 0.25) is 0 Å². The molecule has 1 heterocycles. The number of furan rings is 1. The van der Waals surface area contributed by atoms with E-state index in [-0.39, 0.29) is 11.6 Å². The van der Waals surface area contributed by atoms with Gasteiger partial charge >= 0.3 is 12.4 Å². The van der Waals surface area contributed by atoms with Gasteiger partial charge in [-0.2, -0.15) is 26.3 Å². The average molecular weight is 436 g/mol. The van der Waals surface area contributed by atoms with Gasteiger partial charge in [-0.3, -0.25) is 0 Å². The van der Waals surface area contributed by atoms with Crippen molar-refractivity contribution in [1.29, 1.82) is 0 Å². The first-order valence-electron chi connectivity index (χ1n) is 9.69. The van der Waals surface area contributed by atoms with Crippen molar-refractivity contribution in [3.63, 3.8) is 0 Å². The van der Waals surface area contributed by atoms with Gasteiger partial charge in [-0.1, -0.05) is 19.1 Å². The van der Waals surface area contributed by atoms with Crippen molar-refractivity contribution in [2.45, 2.75) is 39.0 Å². The summed E-state index contributed by atoms with van der Waals surface area (Å²) < 4.78 is 86.1. The zero-order valence-corrected chi connectivity index (χ0v) is 16.7. The Balaban J connectivity index is 1.95. The number of hydrogen-bond donors (Lipinski definition) is 0. The summed E-state index contributed by atoms with van der Waals surface area (Å²) in [6.07, 6.45) is -7.04. The monoisotopic (exact) mass is 436 g/mol. The molecular weight excluding hydrogens is 418 g/mol. The number of benzene rings is 2. The van der Waals surface area contributed by atoms with Gasteiger partial charge < -0.3 is 4.42 Å². The molecule has 0 spiro atoms. The quantitative estimate of drug-likeness (QED) is 0.380. The van der Waals surface area contributed by atoms with Crippen LogP contribution in [-0.4, -0.2) is 0 Å². The Hall–Kier alpha value is -2.96. The fourth-order valence-electron chi connectivity index (χ4n) is 3.96. The van der Waals surface area contributed by atoms with Crippen LogP contribution in [0.25, 0.3) is 22.8 Å². The summed E-state index contributed by atoms with van der Waals surface area (Å²) in [7, 11) is 0. The summed E-state index contributed by atoms with van der Waals surface area (Å²) in [6.45, 7) is 3.62. The van der Waals surface area contributed by atoms with Gasteiger partial charge in [0.1, 0.15) is 11.5 Å². The fraction of sp³-hybridized carbons (Fsp3) is 0.250. The van der Waals surface area contributed by atoms with Crippen molar-refractivity contribution >= 4 is 11.6 Å². The molecule has 31 heavy (non-hydrogen) atoms. The molecule has 0 N–H and O–H groups in total. The van der Waals surface area contributed by atoms with E-state index >= 15 is 0 Å². The number of allylic oxidation sites excluding steroid dienone is 1. The number of hydrogen-bond acceptors (Lipinski definition) is 1. The van der Waals surface area contributed by atoms with Crippen molar-refractivity contribution in [2.75, 3.05) is 0 Å². The lowest BCUT2D eigenvalue weighted by atomic mass is 9.89. The highest BCUT2D eigenvalue weighted by atomic mass is 19.4. The number of alkyl halides is 6. The normalized spacial score (nSPS) is 14.0. The Morgan fingerprint density at radius 3 is 2.03 bits per heavy atom. The second-order valence-electron chi connectivity index (χ2n) is 7.58. The summed E-state index contributed by atoms with van der Waals surface area (Å²) >= 11 is 0. The van der Waals surface area contributed by atoms with Crippen molar-refractivity contribution in [1.82, 2.24) is 0 Å². The molecule has 1 aromatic heterocycles. The molecule has 0 bridgehead atoms. The Morgan fingerprint density at radius 1 is 0.871 bits per heavy atom. The smallest absolute Gasteiger partial charge is 0.416 e. The van der Waals surface area contributed by atoms with E-state index in [2.05, 4.69) is 0 Å². The minimum atomic E-state index is -4.90. The fourth-order valence-corrected chi connectivity index (χ4v) is 3.96. The summed E-state index contributed by atoms with van der Waals surface area (Å²) in [5, 5.41) is 0. The molecule has 0 aliphatic heterocycles. The van der Waals surface area contributed by atoms with Crippen LogP contribution in [0, 0.1) is 6.92 Å². The third kappa shape index (κ3) is 4.01. The summed E-state index contributed by atoms with van der Waals surface area (Å²) in [4.78, 5) is 0. The van der Waals surface area contributed by atoms with Crippen molar-refractivity contribution in [3.8, 4) is 11.1 Å². The van der Waals surface area contributed by atoms with E-state index in [0.717, 1.165) is 23.3 Å². The SMILES string of the molecule is CCc1ccc2c(c1-c1cc(C(F)(F)F)cc(C(F)(F)F)c1)C=C(c1ccc(C)o1)C2. The first-order chi connectivity index (χ1) is 14.5. The minimum Gasteiger partial charge on any atom is -0.462 e. The number of halogens is 6. The highest BCUT2D eigenvalue weighted by molar-refractivity contribution is 5.94. The zero-order valence-electron chi connectivity index (χ0n) is 16.7. The number of fused-ring (bicyclic) bond motifs is 1. The van der Waals surface area contributed by atoms with E-state index < -0.39 is 23.5 Å². The topological polar surface area (TPSA) is 13.1 Å². The molecule has 0 amide bonds. The molecule has 1 nitrogen and oxygen atoms in total. The van der Waals surface area contributed by atoms with Crippen LogP contribution in [0.5, 0.6) is 0 Å². The molecule has 162 valence electrons. The van der Waals surface area contributed by atoms with Gasteiger partial charge in [-0.05, 0) is 83.1 Å². The Morgan fingerprint density at radius 2 is 1.52 bits per heavy atom. The third-order valence-corrected chi connectivity index (χ3v) is 5.44. The highest BCUT2D eigenvalue weighted by Crippen LogP contribution is 2.44. The maximum atomic E-state index is 13.4. The number of aryl methyl sites for hydroxylation is 2. The first-order valence-corrected chi connectivity index (χ1v) is 9.69. The molecule has 0 radical (unpaired) electrons. The summed E-state index contributed by atoms with van der Waals surface area (Å²) in [6, 6.07) is 9.01. The predicted molar refractivity (Wildman–Crippen MR) is 106 cm³/mol. The van der Waals surface area contributed by atoms with Crippen LogP contribution in [0.1, 0.15) is 46.3 Å². The van der Waals surface area contributed by atoms with Gasteiger partial charge in [-0.25, -0.2) is 0 Å². The largest absolute Gasteiger partial charge is 0.462 e. The van der Waals surface area contributed by atoms with Crippen molar-refractivity contribution < 1.29 is 30.8 Å². The lowest BCUT2D eigenvalue weighted by molar-refractivity contribution is -0.143. The van der Waals surface area contributed by atoms with E-state index in [4.69, 9.17) is 4.42 Å². The molecule has 4 rings (SSSR count). The highest BCUT2D eigenvalue weighted by Gasteiger charge is 2.37. The molecule has 3 aromatic rings. The lowest BCUT2D eigenvalue weighted by Crippen LogP contribution is -2.11. The Labute approximate surface area is 175 Å². The van der Waals surface area contributed by atoms with Crippen molar-refractivity contribution in [2.24, 2.45) is 0 Å². The second kappa shape index (κ2) is 7.32. The molecule has 1 aliphatic rings. The molecule has 7 heteroatoms. The Bertz CT molecular complexity index is 1150. The van der Waals surface area contributed by atoms with E-state index in [1.54, 1.807) is 31.2 Å². The average Bonchev–Trinajstić information content (AvgIpc) is 3.31. The van der Waals surface area contributed by atoms with Crippen molar-refractivity contribution in [3.05, 3.63) is 81.8 Å². The van der Waals surface area contributed by atoms with Crippen LogP contribution in [0.15, 0.2) is 46.9 Å². The van der Waals surface area contributed by atoms with Gasteiger partial charge in [-0.15, -0.1) is 0 Å².